The highest BCUT2D eigenvalue weighted by Gasteiger charge is 2.29. The summed E-state index contributed by atoms with van der Waals surface area (Å²) in [4.78, 5) is 24.7. The fraction of sp³-hybridized carbons (Fsp3) is 0.320. The molecule has 0 aliphatic carbocycles. The van der Waals surface area contributed by atoms with Crippen molar-refractivity contribution in [1.29, 1.82) is 0 Å². The van der Waals surface area contributed by atoms with Crippen LogP contribution in [-0.4, -0.2) is 33.5 Å². The van der Waals surface area contributed by atoms with Crippen LogP contribution in [0.3, 0.4) is 0 Å². The third-order valence-electron chi connectivity index (χ3n) is 6.17. The van der Waals surface area contributed by atoms with Gasteiger partial charge in [-0.25, -0.2) is 9.98 Å². The molecule has 0 saturated carbocycles. The number of benzene rings is 2. The first-order chi connectivity index (χ1) is 15.2. The molecule has 6 heteroatoms. The third kappa shape index (κ3) is 4.10. The number of aliphatic imine (C=N–C) groups is 1. The van der Waals surface area contributed by atoms with Crippen LogP contribution in [0.5, 0.6) is 0 Å². The Balaban J connectivity index is 1.38. The Hall–Kier alpha value is -3.41. The number of anilines is 1. The quantitative estimate of drug-likeness (QED) is 0.709. The van der Waals surface area contributed by atoms with Gasteiger partial charge < -0.3 is 4.90 Å². The number of aryl methyl sites for hydroxylation is 1. The first-order valence-electron chi connectivity index (χ1n) is 11.0. The van der Waals surface area contributed by atoms with Gasteiger partial charge >= 0.3 is 0 Å². The van der Waals surface area contributed by atoms with E-state index >= 15 is 0 Å². The van der Waals surface area contributed by atoms with E-state index in [-0.39, 0.29) is 5.56 Å². The number of nitrogens with zero attached hydrogens (tertiary/aromatic N) is 4. The molecule has 2 aromatic carbocycles. The topological polar surface area (TPSA) is 62.5 Å². The molecule has 1 unspecified atom stereocenters. The van der Waals surface area contributed by atoms with Gasteiger partial charge in [0.25, 0.3) is 5.56 Å². The molecule has 3 aromatic rings. The second-order valence-corrected chi connectivity index (χ2v) is 8.41. The summed E-state index contributed by atoms with van der Waals surface area (Å²) in [5, 5.41) is 3.34. The molecule has 0 spiro atoms. The Bertz CT molecular complexity index is 1130. The number of rotatable bonds is 3. The van der Waals surface area contributed by atoms with Gasteiger partial charge in [0.15, 0.2) is 6.17 Å². The number of hydrogen-bond acceptors (Lipinski definition) is 5. The third-order valence-corrected chi connectivity index (χ3v) is 6.17. The van der Waals surface area contributed by atoms with Gasteiger partial charge in [0, 0.05) is 24.8 Å². The minimum Gasteiger partial charge on any atom is -0.343 e. The average molecular weight is 414 g/mol. The highest BCUT2D eigenvalue weighted by molar-refractivity contribution is 5.93. The van der Waals surface area contributed by atoms with Crippen LogP contribution < -0.4 is 10.9 Å². The summed E-state index contributed by atoms with van der Waals surface area (Å²) in [5.74, 6) is 2.06. The summed E-state index contributed by atoms with van der Waals surface area (Å²) < 4.78 is 1.65. The van der Waals surface area contributed by atoms with Crippen LogP contribution in [-0.2, 0) is 6.42 Å². The number of piperidine rings is 1. The predicted octanol–water partition coefficient (Wildman–Crippen LogP) is 3.83. The summed E-state index contributed by atoms with van der Waals surface area (Å²) in [6.45, 7) is 3.74. The van der Waals surface area contributed by atoms with Gasteiger partial charge in [-0.05, 0) is 43.2 Å². The largest absolute Gasteiger partial charge is 0.343 e. The van der Waals surface area contributed by atoms with E-state index in [9.17, 15) is 4.79 Å². The number of aromatic nitrogens is 2. The van der Waals surface area contributed by atoms with E-state index in [4.69, 9.17) is 4.99 Å². The van der Waals surface area contributed by atoms with Crippen LogP contribution in [0.15, 0.2) is 76.5 Å². The van der Waals surface area contributed by atoms with E-state index < -0.39 is 6.17 Å². The summed E-state index contributed by atoms with van der Waals surface area (Å²) >= 11 is 0. The molecule has 1 N–H and O–H groups in total. The Morgan fingerprint density at radius 1 is 1.00 bits per heavy atom. The maximum atomic E-state index is 12.8. The molecule has 2 aliphatic heterocycles. The van der Waals surface area contributed by atoms with E-state index in [0.29, 0.717) is 17.6 Å². The lowest BCUT2D eigenvalue weighted by Crippen LogP contribution is -2.46. The number of hydrogen-bond donors (Lipinski definition) is 1. The van der Waals surface area contributed by atoms with Crippen molar-refractivity contribution in [3.05, 3.63) is 93.9 Å². The van der Waals surface area contributed by atoms with Crippen molar-refractivity contribution in [2.24, 2.45) is 10.9 Å². The molecule has 1 fully saturated rings. The van der Waals surface area contributed by atoms with Gasteiger partial charge in [-0.1, -0.05) is 60.7 Å². The molecule has 1 saturated heterocycles. The minimum atomic E-state index is -0.407. The summed E-state index contributed by atoms with van der Waals surface area (Å²) in [5.41, 5.74) is 3.01. The highest BCUT2D eigenvalue weighted by atomic mass is 16.1. The molecule has 0 bridgehead atoms. The number of guanidine groups is 1. The number of fused-ring (bicyclic) bond motifs is 1. The van der Waals surface area contributed by atoms with Crippen molar-refractivity contribution in [1.82, 2.24) is 14.5 Å². The van der Waals surface area contributed by atoms with E-state index in [2.05, 4.69) is 45.5 Å². The van der Waals surface area contributed by atoms with Crippen molar-refractivity contribution >= 4 is 11.9 Å². The van der Waals surface area contributed by atoms with Crippen molar-refractivity contribution in [3.8, 4) is 0 Å². The van der Waals surface area contributed by atoms with Gasteiger partial charge in [-0.2, -0.15) is 0 Å². The van der Waals surface area contributed by atoms with Crippen LogP contribution in [0.2, 0.25) is 0 Å². The second kappa shape index (κ2) is 8.38. The second-order valence-electron chi connectivity index (χ2n) is 8.41. The lowest BCUT2D eigenvalue weighted by atomic mass is 9.90. The monoisotopic (exact) mass is 413 g/mol. The highest BCUT2D eigenvalue weighted by Crippen LogP contribution is 2.28. The fourth-order valence-corrected chi connectivity index (χ4v) is 4.54. The Kier molecular flexibility index (Phi) is 5.28. The standard InChI is InChI=1S/C25H27N5O/c1-18-16-22(31)30-23(21-10-6-3-7-11-21)27-24(28-25(30)26-18)29-14-12-20(13-15-29)17-19-8-4-2-5-9-19/h2-11,16,20,23H,12-15,17H2,1H3,(H,26,27,28). The van der Waals surface area contributed by atoms with Crippen LogP contribution >= 0.6 is 0 Å². The van der Waals surface area contributed by atoms with Crippen LogP contribution in [0.4, 0.5) is 5.95 Å². The molecule has 0 radical (unpaired) electrons. The smallest absolute Gasteiger partial charge is 0.257 e. The van der Waals surface area contributed by atoms with E-state index in [0.717, 1.165) is 43.9 Å². The maximum Gasteiger partial charge on any atom is 0.257 e. The van der Waals surface area contributed by atoms with Crippen LogP contribution in [0, 0.1) is 12.8 Å². The van der Waals surface area contributed by atoms with Gasteiger partial charge in [-0.15, -0.1) is 0 Å². The first-order valence-corrected chi connectivity index (χ1v) is 11.0. The zero-order valence-corrected chi connectivity index (χ0v) is 17.7. The molecule has 158 valence electrons. The van der Waals surface area contributed by atoms with Gasteiger partial charge in [-0.3, -0.25) is 14.7 Å². The zero-order valence-electron chi connectivity index (χ0n) is 17.7. The van der Waals surface area contributed by atoms with Gasteiger partial charge in [0.1, 0.15) is 0 Å². The Morgan fingerprint density at radius 2 is 1.68 bits per heavy atom. The normalized spacial score (nSPS) is 18.8. The summed E-state index contributed by atoms with van der Waals surface area (Å²) in [7, 11) is 0. The fourth-order valence-electron chi connectivity index (χ4n) is 4.54. The molecular formula is C25H27N5O. The molecule has 31 heavy (non-hydrogen) atoms. The molecule has 1 aromatic heterocycles. The van der Waals surface area contributed by atoms with Crippen molar-refractivity contribution in [3.63, 3.8) is 0 Å². The summed E-state index contributed by atoms with van der Waals surface area (Å²) in [6, 6.07) is 22.3. The summed E-state index contributed by atoms with van der Waals surface area (Å²) in [6.07, 6.45) is 2.97. The predicted molar refractivity (Wildman–Crippen MR) is 123 cm³/mol. The van der Waals surface area contributed by atoms with Crippen LogP contribution in [0.25, 0.3) is 0 Å². The van der Waals surface area contributed by atoms with Crippen molar-refractivity contribution in [2.45, 2.75) is 32.4 Å². The molecular weight excluding hydrogens is 386 g/mol. The Labute approximate surface area is 182 Å². The molecule has 2 aliphatic rings. The average Bonchev–Trinajstić information content (AvgIpc) is 2.80. The SMILES string of the molecule is Cc1cc(=O)n2c(n1)NC(N1CCC(Cc3ccccc3)CC1)=NC2c1ccccc1. The molecule has 5 rings (SSSR count). The minimum absolute atomic E-state index is 0.0896. The first kappa shape index (κ1) is 19.5. The zero-order chi connectivity index (χ0) is 21.2. The van der Waals surface area contributed by atoms with Crippen molar-refractivity contribution in [2.75, 3.05) is 18.4 Å². The van der Waals surface area contributed by atoms with E-state index in [1.165, 1.54) is 5.56 Å². The molecule has 6 nitrogen and oxygen atoms in total. The Morgan fingerprint density at radius 3 is 2.39 bits per heavy atom. The number of likely N-dealkylation sites (tertiary alicyclic amines) is 1. The van der Waals surface area contributed by atoms with Crippen LogP contribution in [0.1, 0.15) is 35.8 Å². The molecule has 3 heterocycles. The number of nitrogens with one attached hydrogen (secondary N) is 1. The van der Waals surface area contributed by atoms with E-state index in [1.807, 2.05) is 37.3 Å². The molecule has 0 amide bonds. The van der Waals surface area contributed by atoms with Gasteiger partial charge in [0.2, 0.25) is 11.9 Å². The lowest BCUT2D eigenvalue weighted by Gasteiger charge is -2.37. The molecule has 1 atom stereocenters. The maximum absolute atomic E-state index is 12.8. The lowest BCUT2D eigenvalue weighted by molar-refractivity contribution is 0.262. The van der Waals surface area contributed by atoms with Crippen molar-refractivity contribution < 1.29 is 0 Å². The van der Waals surface area contributed by atoms with Gasteiger partial charge in [0.05, 0.1) is 0 Å². The van der Waals surface area contributed by atoms with E-state index in [1.54, 1.807) is 10.6 Å².